The van der Waals surface area contributed by atoms with Crippen LogP contribution in [-0.2, 0) is 11.3 Å². The first-order valence-electron chi connectivity index (χ1n) is 4.83. The molecule has 0 radical (unpaired) electrons. The quantitative estimate of drug-likeness (QED) is 0.572. The molecule has 1 N–H and O–H groups in total. The summed E-state index contributed by atoms with van der Waals surface area (Å²) >= 11 is 0. The lowest BCUT2D eigenvalue weighted by atomic mass is 10.2. The number of hydrogen-bond donors (Lipinski definition) is 1. The highest BCUT2D eigenvalue weighted by Gasteiger charge is 1.93. The number of methoxy groups -OCH3 is 1. The van der Waals surface area contributed by atoms with Crippen molar-refractivity contribution in [2.75, 3.05) is 20.3 Å². The van der Waals surface area contributed by atoms with Gasteiger partial charge in [-0.3, -0.25) is 0 Å². The average molecular weight is 208 g/mol. The molecule has 0 unspecified atom stereocenters. The molecule has 1 aromatic carbocycles. The highest BCUT2D eigenvalue weighted by Crippen LogP contribution is 2.11. The summed E-state index contributed by atoms with van der Waals surface area (Å²) < 4.78 is 10.4. The smallest absolute Gasteiger partial charge is 0.118 e. The molecular weight excluding hydrogens is 192 g/mol. The monoisotopic (exact) mass is 208 g/mol. The van der Waals surface area contributed by atoms with Crippen LogP contribution in [-0.4, -0.2) is 25.4 Å². The standard InChI is InChI=1S/C12H16O3/c1-14-12-6-4-11(5-7-12)10-15-9-3-2-8-13/h2-7,13H,8-10H2,1H3. The maximum atomic E-state index is 8.48. The van der Waals surface area contributed by atoms with E-state index in [1.807, 2.05) is 24.3 Å². The van der Waals surface area contributed by atoms with Crippen molar-refractivity contribution < 1.29 is 14.6 Å². The first-order chi connectivity index (χ1) is 7.36. The van der Waals surface area contributed by atoms with Crippen LogP contribution >= 0.6 is 0 Å². The van der Waals surface area contributed by atoms with Crippen molar-refractivity contribution in [1.29, 1.82) is 0 Å². The lowest BCUT2D eigenvalue weighted by molar-refractivity contribution is 0.148. The summed E-state index contributed by atoms with van der Waals surface area (Å²) in [5.74, 6) is 0.846. The number of aliphatic hydroxyl groups excluding tert-OH is 1. The molecule has 0 saturated carbocycles. The van der Waals surface area contributed by atoms with E-state index < -0.39 is 0 Å². The van der Waals surface area contributed by atoms with E-state index in [4.69, 9.17) is 14.6 Å². The van der Waals surface area contributed by atoms with E-state index in [1.54, 1.807) is 19.3 Å². The molecule has 15 heavy (non-hydrogen) atoms. The number of aliphatic hydroxyl groups is 1. The van der Waals surface area contributed by atoms with Gasteiger partial charge in [-0.25, -0.2) is 0 Å². The molecule has 0 amide bonds. The van der Waals surface area contributed by atoms with Crippen molar-refractivity contribution >= 4 is 0 Å². The Hall–Kier alpha value is -1.32. The third-order valence-corrected chi connectivity index (χ3v) is 1.91. The topological polar surface area (TPSA) is 38.7 Å². The Bertz CT molecular complexity index is 290. The third-order valence-electron chi connectivity index (χ3n) is 1.91. The molecule has 0 aromatic heterocycles. The lowest BCUT2D eigenvalue weighted by Crippen LogP contribution is -1.93. The van der Waals surface area contributed by atoms with Crippen LogP contribution in [0.3, 0.4) is 0 Å². The van der Waals surface area contributed by atoms with Crippen LogP contribution in [0.1, 0.15) is 5.56 Å². The Balaban J connectivity index is 2.28. The highest BCUT2D eigenvalue weighted by atomic mass is 16.5. The second-order valence-electron chi connectivity index (χ2n) is 3.02. The summed E-state index contributed by atoms with van der Waals surface area (Å²) in [6.45, 7) is 1.15. The van der Waals surface area contributed by atoms with Gasteiger partial charge < -0.3 is 14.6 Å². The Morgan fingerprint density at radius 3 is 2.53 bits per heavy atom. The van der Waals surface area contributed by atoms with E-state index in [-0.39, 0.29) is 6.61 Å². The molecule has 3 nitrogen and oxygen atoms in total. The zero-order valence-electron chi connectivity index (χ0n) is 8.85. The maximum absolute atomic E-state index is 8.48. The SMILES string of the molecule is COc1ccc(COCC=CCO)cc1. The van der Waals surface area contributed by atoms with Gasteiger partial charge in [0.2, 0.25) is 0 Å². The molecule has 0 saturated heterocycles. The third kappa shape index (κ3) is 4.63. The summed E-state index contributed by atoms with van der Waals surface area (Å²) in [5, 5.41) is 8.48. The molecule has 0 heterocycles. The van der Waals surface area contributed by atoms with E-state index in [9.17, 15) is 0 Å². The molecule has 0 aliphatic rings. The second-order valence-corrected chi connectivity index (χ2v) is 3.02. The minimum atomic E-state index is 0.0614. The van der Waals surface area contributed by atoms with E-state index >= 15 is 0 Å². The van der Waals surface area contributed by atoms with Crippen molar-refractivity contribution in [3.63, 3.8) is 0 Å². The van der Waals surface area contributed by atoms with Gasteiger partial charge in [-0.1, -0.05) is 24.3 Å². The molecule has 0 aliphatic carbocycles. The zero-order chi connectivity index (χ0) is 10.9. The molecule has 0 atom stereocenters. The van der Waals surface area contributed by atoms with Gasteiger partial charge in [0.05, 0.1) is 26.9 Å². The molecular formula is C12H16O3. The first kappa shape index (κ1) is 11.8. The first-order valence-corrected chi connectivity index (χ1v) is 4.83. The van der Waals surface area contributed by atoms with Crippen LogP contribution in [0, 0.1) is 0 Å². The second kappa shape index (κ2) is 7.04. The molecule has 82 valence electrons. The zero-order valence-corrected chi connectivity index (χ0v) is 8.85. The minimum Gasteiger partial charge on any atom is -0.497 e. The van der Waals surface area contributed by atoms with E-state index in [0.29, 0.717) is 13.2 Å². The van der Waals surface area contributed by atoms with Crippen LogP contribution < -0.4 is 4.74 Å². The Labute approximate surface area is 90.0 Å². The van der Waals surface area contributed by atoms with Gasteiger partial charge in [-0.2, -0.15) is 0 Å². The fraction of sp³-hybridized carbons (Fsp3) is 0.333. The molecule has 0 spiro atoms. The van der Waals surface area contributed by atoms with Gasteiger partial charge in [-0.15, -0.1) is 0 Å². The molecule has 3 heteroatoms. The molecule has 1 rings (SSSR count). The van der Waals surface area contributed by atoms with Gasteiger partial charge in [0.15, 0.2) is 0 Å². The van der Waals surface area contributed by atoms with E-state index in [0.717, 1.165) is 11.3 Å². The normalized spacial score (nSPS) is 10.8. The lowest BCUT2D eigenvalue weighted by Gasteiger charge is -2.03. The fourth-order valence-corrected chi connectivity index (χ4v) is 1.11. The number of hydrogen-bond acceptors (Lipinski definition) is 3. The summed E-state index contributed by atoms with van der Waals surface area (Å²) in [5.41, 5.74) is 1.10. The van der Waals surface area contributed by atoms with Crippen LogP contribution in [0.4, 0.5) is 0 Å². The minimum absolute atomic E-state index is 0.0614. The van der Waals surface area contributed by atoms with E-state index in [2.05, 4.69) is 0 Å². The van der Waals surface area contributed by atoms with Crippen LogP contribution in [0.15, 0.2) is 36.4 Å². The Kier molecular flexibility index (Phi) is 5.51. The van der Waals surface area contributed by atoms with Crippen molar-refractivity contribution in [1.82, 2.24) is 0 Å². The van der Waals surface area contributed by atoms with Gasteiger partial charge in [-0.05, 0) is 17.7 Å². The number of benzene rings is 1. The summed E-state index contributed by atoms with van der Waals surface area (Å²) in [4.78, 5) is 0. The molecule has 1 aromatic rings. The van der Waals surface area contributed by atoms with Crippen LogP contribution in [0.25, 0.3) is 0 Å². The fourth-order valence-electron chi connectivity index (χ4n) is 1.11. The van der Waals surface area contributed by atoms with Crippen molar-refractivity contribution in [2.24, 2.45) is 0 Å². The number of ether oxygens (including phenoxy) is 2. The average Bonchev–Trinajstić information content (AvgIpc) is 2.30. The van der Waals surface area contributed by atoms with Crippen molar-refractivity contribution in [2.45, 2.75) is 6.61 Å². The maximum Gasteiger partial charge on any atom is 0.118 e. The predicted octanol–water partition coefficient (Wildman–Crippen LogP) is 1.76. The molecule has 0 aliphatic heterocycles. The van der Waals surface area contributed by atoms with Gasteiger partial charge >= 0.3 is 0 Å². The molecule has 0 bridgehead atoms. The molecule has 0 fully saturated rings. The van der Waals surface area contributed by atoms with E-state index in [1.165, 1.54) is 0 Å². The summed E-state index contributed by atoms with van der Waals surface area (Å²) in [6.07, 6.45) is 3.46. The largest absolute Gasteiger partial charge is 0.497 e. The Morgan fingerprint density at radius 2 is 1.93 bits per heavy atom. The van der Waals surface area contributed by atoms with Crippen molar-refractivity contribution in [3.05, 3.63) is 42.0 Å². The summed E-state index contributed by atoms with van der Waals surface area (Å²) in [7, 11) is 1.64. The van der Waals surface area contributed by atoms with Crippen LogP contribution in [0.2, 0.25) is 0 Å². The highest BCUT2D eigenvalue weighted by molar-refractivity contribution is 5.26. The van der Waals surface area contributed by atoms with Gasteiger partial charge in [0.25, 0.3) is 0 Å². The Morgan fingerprint density at radius 1 is 1.20 bits per heavy atom. The van der Waals surface area contributed by atoms with Crippen molar-refractivity contribution in [3.8, 4) is 5.75 Å². The van der Waals surface area contributed by atoms with Crippen LogP contribution in [0.5, 0.6) is 5.75 Å². The van der Waals surface area contributed by atoms with Gasteiger partial charge in [0.1, 0.15) is 5.75 Å². The number of rotatable bonds is 6. The summed E-state index contributed by atoms with van der Waals surface area (Å²) in [6, 6.07) is 7.74. The van der Waals surface area contributed by atoms with Gasteiger partial charge in [0, 0.05) is 0 Å². The predicted molar refractivity (Wildman–Crippen MR) is 58.9 cm³/mol.